The number of aromatic amines is 1. The first kappa shape index (κ1) is 97.7. The molecule has 12 aromatic carbocycles. The lowest BCUT2D eigenvalue weighted by molar-refractivity contribution is 0.585. The van der Waals surface area contributed by atoms with Gasteiger partial charge in [0.05, 0.1) is 97.0 Å². The summed E-state index contributed by atoms with van der Waals surface area (Å²) < 4.78 is 104. The first-order valence-electron chi connectivity index (χ1n) is 46.4. The smallest absolute Gasteiger partial charge is 0.153 e. The zero-order chi connectivity index (χ0) is 103. The summed E-state index contributed by atoms with van der Waals surface area (Å²) in [7, 11) is 7.59. The second kappa shape index (κ2) is 41.8. The number of halogens is 9. The molecule has 0 unspecified atom stereocenters. The van der Waals surface area contributed by atoms with Crippen LogP contribution in [-0.2, 0) is 34.7 Å². The van der Waals surface area contributed by atoms with E-state index in [0.29, 0.717) is 74.1 Å². The Bertz CT molecular complexity index is 8880. The summed E-state index contributed by atoms with van der Waals surface area (Å²) in [5.74, 6) is -0.623. The van der Waals surface area contributed by atoms with Crippen LogP contribution in [0.3, 0.4) is 0 Å². The van der Waals surface area contributed by atoms with Gasteiger partial charge in [-0.05, 0) is 289 Å². The van der Waals surface area contributed by atoms with Gasteiger partial charge in [-0.2, -0.15) is 15.3 Å². The number of amidine groups is 1. The SMILES string of the molecule is Cc1cc(-c2ncccc2-c2ccc3c(N)n[nH]c3c2)ccc1F.Cc1cc(-c2ncccc2-c2ccc3c(N)nn(C)c3c2)ccc1F.Cc1cc(-c2ncccc2-c2ccc3c(c2)C(N)=NC3)ccc1F.Cc1cc(-c2ncccc2-c2ccc3c(c2)c(N)nn3C)ccc1F.Cn1cnc2ccc(-c3cccnc3-c3cc(Cl)c(F)cc3F)cc21.Cn1cnc2ccc(-c3cccnc3-c3cc(Cl)ccc3F)cc21. The number of pyridine rings is 6. The number of hydrogen-bond acceptors (Lipinski definition) is 16. The van der Waals surface area contributed by atoms with Crippen molar-refractivity contribution >= 4 is 101 Å². The molecule has 0 saturated carbocycles. The van der Waals surface area contributed by atoms with Crippen LogP contribution in [0.15, 0.2) is 340 Å². The molecule has 0 aliphatic carbocycles. The molecular weight excluding hydrogens is 1900 g/mol. The van der Waals surface area contributed by atoms with Crippen molar-refractivity contribution in [3.63, 3.8) is 0 Å². The molecule has 9 N–H and O–H groups in total. The second-order valence-electron chi connectivity index (χ2n) is 35.2. The van der Waals surface area contributed by atoms with Crippen LogP contribution >= 0.6 is 23.2 Å². The van der Waals surface area contributed by atoms with Gasteiger partial charge in [-0.25, -0.2) is 40.7 Å². The molecule has 12 heterocycles. The van der Waals surface area contributed by atoms with E-state index in [-0.39, 0.29) is 39.7 Å². The number of imidazole rings is 2. The van der Waals surface area contributed by atoms with Crippen LogP contribution in [0.1, 0.15) is 33.4 Å². The van der Waals surface area contributed by atoms with Crippen molar-refractivity contribution < 1.29 is 30.7 Å². The fourth-order valence-electron chi connectivity index (χ4n) is 17.8. The first-order valence-corrected chi connectivity index (χ1v) is 47.1. The van der Waals surface area contributed by atoms with Crippen LogP contribution in [0.4, 0.5) is 48.2 Å². The van der Waals surface area contributed by atoms with Crippen LogP contribution in [0, 0.1) is 68.4 Å². The van der Waals surface area contributed by atoms with Gasteiger partial charge in [-0.1, -0.05) is 102 Å². The summed E-state index contributed by atoms with van der Waals surface area (Å²) in [6.07, 6.45) is 13.7. The molecule has 11 aromatic heterocycles. The predicted molar refractivity (Wildman–Crippen MR) is 574 cm³/mol. The number of nitrogens with two attached hydrogens (primary N) is 4. The number of fused-ring (bicyclic) bond motifs is 6. The van der Waals surface area contributed by atoms with E-state index >= 15 is 0 Å². The highest BCUT2D eigenvalue weighted by Gasteiger charge is 2.24. The third-order valence-corrected chi connectivity index (χ3v) is 26.0. The number of nitrogens with one attached hydrogen (secondary N) is 1. The van der Waals surface area contributed by atoms with Crippen molar-refractivity contribution in [1.29, 1.82) is 0 Å². The number of nitrogens with zero attached hydrogens (tertiary/aromatic N) is 16. The molecule has 30 heteroatoms. The summed E-state index contributed by atoms with van der Waals surface area (Å²) in [6, 6.07) is 85.7. The highest BCUT2D eigenvalue weighted by Crippen LogP contribution is 2.43. The van der Waals surface area contributed by atoms with Gasteiger partial charge in [0.25, 0.3) is 0 Å². The molecule has 0 saturated heterocycles. The number of anilines is 3. The average Bonchev–Trinajstić information content (AvgIpc) is 0.858. The molecule has 147 heavy (non-hydrogen) atoms. The molecule has 0 amide bonds. The number of benzene rings is 12. The Kier molecular flexibility index (Phi) is 27.8. The predicted octanol–water partition coefficient (Wildman–Crippen LogP) is 27.4. The van der Waals surface area contributed by atoms with E-state index in [1.54, 1.807) is 123 Å². The van der Waals surface area contributed by atoms with Crippen LogP contribution in [0.2, 0.25) is 10.0 Å². The van der Waals surface area contributed by atoms with E-state index in [1.165, 1.54) is 42.5 Å². The van der Waals surface area contributed by atoms with Gasteiger partial charge in [-0.3, -0.25) is 49.4 Å². The molecule has 1 aliphatic heterocycles. The molecule has 23 aromatic rings. The van der Waals surface area contributed by atoms with E-state index in [4.69, 9.17) is 46.1 Å². The van der Waals surface area contributed by atoms with Gasteiger partial charge in [0, 0.05) is 165 Å². The number of hydrogen-bond donors (Lipinski definition) is 5. The molecule has 0 atom stereocenters. The molecule has 21 nitrogen and oxygen atoms in total. The molecule has 0 radical (unpaired) electrons. The number of aliphatic imine (C=N–C) groups is 1. The first-order chi connectivity index (χ1) is 71.0. The summed E-state index contributed by atoms with van der Waals surface area (Å²) in [5, 5.41) is 18.5. The van der Waals surface area contributed by atoms with E-state index in [2.05, 4.69) is 89.5 Å². The Morgan fingerprint density at radius 3 is 1.12 bits per heavy atom. The maximum atomic E-state index is 14.3. The Hall–Kier alpha value is -18.2. The zero-order valence-electron chi connectivity index (χ0n) is 80.3. The number of H-pyrrole nitrogens is 1. The number of aromatic nitrogens is 16. The summed E-state index contributed by atoms with van der Waals surface area (Å²) in [4.78, 5) is 39.7. The molecule has 24 rings (SSSR count). The summed E-state index contributed by atoms with van der Waals surface area (Å²) >= 11 is 11.9. The highest BCUT2D eigenvalue weighted by atomic mass is 35.5. The summed E-state index contributed by atoms with van der Waals surface area (Å²) in [5.41, 5.74) is 54.5. The third kappa shape index (κ3) is 20.4. The lowest BCUT2D eigenvalue weighted by Crippen LogP contribution is -2.10. The number of aryl methyl sites for hydroxylation is 8. The maximum absolute atomic E-state index is 14.3. The molecule has 1 aliphatic rings. The Morgan fingerprint density at radius 1 is 0.286 bits per heavy atom. The Balaban J connectivity index is 0.000000111. The minimum absolute atomic E-state index is 0.143. The lowest BCUT2D eigenvalue weighted by atomic mass is 9.95. The normalized spacial score (nSPS) is 11.4. The largest absolute Gasteiger partial charge is 0.383 e. The lowest BCUT2D eigenvalue weighted by Gasteiger charge is -2.11. The second-order valence-corrected chi connectivity index (χ2v) is 36.0. The molecule has 0 fully saturated rings. The van der Waals surface area contributed by atoms with Gasteiger partial charge in [0.2, 0.25) is 0 Å². The van der Waals surface area contributed by atoms with Crippen molar-refractivity contribution in [2.75, 3.05) is 17.2 Å². The zero-order valence-corrected chi connectivity index (χ0v) is 81.8. The standard InChI is InChI=1S/2C20H17FN4.C20H16FN3.C19H12ClF2N3.C19H13ClFN3.C19H15FN4/c1-12-10-14(5-7-17(12)21)19-15(4-3-9-23-19)13-6-8-18-16(11-13)20(22)24-25(18)2;1-12-10-14(6-8-17(12)21)19-15(4-3-9-23-19)13-5-7-16-18(11-13)25(2)24-20(16)22;1-12-9-14(6-7-18(12)21)19-16(3-2-8-23-19)13-4-5-15-11-24-20(22)17(15)10-13;1-25-10-24-17-5-4-11(7-18(17)25)12-3-2-6-23-19(12)13-8-14(20)16(22)9-15(13)21;1-24-11-23-17-7-4-12(9-18(17)24)14-3-2-8-22-19(14)15-10-13(20)5-6-16(15)21;1-11-9-13(5-7-16(11)20)18-14(3-2-8-22-18)12-4-6-15-17(10-12)23-24-19(15)21/h2*3-11H,1-2H3,(H2,22,24);2-10H,11H2,1H3,(H2,22,24);2-10H,1H3;2-11H,1H3;2-10H,1H3,(H3,21,23,24). The molecule has 726 valence electrons. The fraction of sp³-hybridized carbons (Fsp3) is 0.0769. The van der Waals surface area contributed by atoms with Crippen LogP contribution < -0.4 is 22.9 Å². The van der Waals surface area contributed by atoms with Crippen LogP contribution in [0.5, 0.6) is 0 Å². The van der Waals surface area contributed by atoms with Crippen molar-refractivity contribution in [2.24, 2.45) is 38.9 Å². The van der Waals surface area contributed by atoms with Crippen LogP contribution in [0.25, 0.3) is 189 Å². The number of nitrogen functional groups attached to an aromatic ring is 3. The van der Waals surface area contributed by atoms with Gasteiger partial charge in [0.1, 0.15) is 46.6 Å². The van der Waals surface area contributed by atoms with Crippen molar-refractivity contribution in [3.8, 4) is 134 Å². The highest BCUT2D eigenvalue weighted by molar-refractivity contribution is 6.31. The molecular formula is C117H90Cl2F7N21. The quantitative estimate of drug-likeness (QED) is 0.0561. The summed E-state index contributed by atoms with van der Waals surface area (Å²) in [6.45, 7) is 7.66. The minimum atomic E-state index is -0.795. The molecule has 0 bridgehead atoms. The molecule has 0 spiro atoms. The van der Waals surface area contributed by atoms with Crippen molar-refractivity contribution in [1.82, 2.24) is 78.8 Å². The van der Waals surface area contributed by atoms with E-state index in [0.717, 1.165) is 184 Å². The monoisotopic (exact) mass is 1990 g/mol. The Morgan fingerprint density at radius 2 is 0.653 bits per heavy atom. The van der Waals surface area contributed by atoms with Crippen LogP contribution in [-0.4, -0.2) is 84.6 Å². The minimum Gasteiger partial charge on any atom is -0.383 e. The topological polar surface area (TPSA) is 294 Å². The maximum Gasteiger partial charge on any atom is 0.153 e. The Labute approximate surface area is 849 Å². The van der Waals surface area contributed by atoms with E-state index < -0.39 is 11.6 Å². The third-order valence-electron chi connectivity index (χ3n) is 25.5. The van der Waals surface area contributed by atoms with Gasteiger partial charge in [-0.15, -0.1) is 0 Å². The van der Waals surface area contributed by atoms with Gasteiger partial charge in [0.15, 0.2) is 17.5 Å². The van der Waals surface area contributed by atoms with E-state index in [1.807, 2.05) is 213 Å². The average molecular weight is 1990 g/mol. The van der Waals surface area contributed by atoms with Gasteiger partial charge >= 0.3 is 0 Å². The fourth-order valence-corrected chi connectivity index (χ4v) is 18.2. The van der Waals surface area contributed by atoms with Gasteiger partial charge < -0.3 is 32.1 Å². The van der Waals surface area contributed by atoms with Crippen molar-refractivity contribution in [3.05, 3.63) is 419 Å². The van der Waals surface area contributed by atoms with E-state index in [9.17, 15) is 30.7 Å². The number of rotatable bonds is 12. The van der Waals surface area contributed by atoms with Crippen molar-refractivity contribution in [2.45, 2.75) is 34.2 Å².